The van der Waals surface area contributed by atoms with Crippen LogP contribution in [0.2, 0.25) is 0 Å². The van der Waals surface area contributed by atoms with Gasteiger partial charge in [-0.1, -0.05) is 55.8 Å². The second-order valence-electron chi connectivity index (χ2n) is 6.29. The van der Waals surface area contributed by atoms with Gasteiger partial charge in [-0.15, -0.1) is 0 Å². The van der Waals surface area contributed by atoms with Crippen LogP contribution in [-0.2, 0) is 6.42 Å². The number of benzene rings is 1. The zero-order valence-corrected chi connectivity index (χ0v) is 12.9. The molecule has 4 heteroatoms. The number of rotatable bonds is 4. The Hall–Kier alpha value is -1.68. The lowest BCUT2D eigenvalue weighted by molar-refractivity contribution is 0.255. The molecule has 2 rings (SSSR count). The molecule has 0 spiro atoms. The number of aromatic nitrogens is 2. The molecule has 1 aromatic carbocycles. The Morgan fingerprint density at radius 2 is 1.85 bits per heavy atom. The van der Waals surface area contributed by atoms with Gasteiger partial charge in [0.1, 0.15) is 0 Å². The zero-order chi connectivity index (χ0) is 14.8. The molecule has 1 heterocycles. The van der Waals surface area contributed by atoms with Crippen molar-refractivity contribution in [3.63, 3.8) is 0 Å². The van der Waals surface area contributed by atoms with Gasteiger partial charge in [-0.3, -0.25) is 0 Å². The van der Waals surface area contributed by atoms with Crippen LogP contribution in [0.3, 0.4) is 0 Å². The van der Waals surface area contributed by atoms with Crippen LogP contribution in [0.25, 0.3) is 11.4 Å². The molecule has 4 nitrogen and oxygen atoms in total. The van der Waals surface area contributed by atoms with Gasteiger partial charge in [-0.2, -0.15) is 4.98 Å². The average molecular weight is 273 g/mol. The second-order valence-corrected chi connectivity index (χ2v) is 6.29. The van der Waals surface area contributed by atoms with E-state index < -0.39 is 0 Å². The van der Waals surface area contributed by atoms with Crippen LogP contribution in [0.4, 0.5) is 0 Å². The monoisotopic (exact) mass is 273 g/mol. The molecule has 0 saturated heterocycles. The molecule has 0 amide bonds. The van der Waals surface area contributed by atoms with Crippen LogP contribution in [0.1, 0.15) is 32.2 Å². The van der Waals surface area contributed by atoms with Gasteiger partial charge in [0.2, 0.25) is 11.7 Å². The Kier molecular flexibility index (Phi) is 4.23. The van der Waals surface area contributed by atoms with Crippen molar-refractivity contribution < 1.29 is 4.52 Å². The molecular weight excluding hydrogens is 250 g/mol. The van der Waals surface area contributed by atoms with Crippen LogP contribution in [0.5, 0.6) is 0 Å². The highest BCUT2D eigenvalue weighted by molar-refractivity contribution is 5.54. The van der Waals surface area contributed by atoms with Crippen LogP contribution in [0.15, 0.2) is 28.8 Å². The Balaban J connectivity index is 2.15. The van der Waals surface area contributed by atoms with Gasteiger partial charge in [0, 0.05) is 18.0 Å². The third-order valence-electron chi connectivity index (χ3n) is 3.55. The van der Waals surface area contributed by atoms with Crippen LogP contribution in [0, 0.1) is 12.3 Å². The van der Waals surface area contributed by atoms with Gasteiger partial charge in [0.25, 0.3) is 0 Å². The fraction of sp³-hybridized carbons (Fsp3) is 0.500. The number of hydrogen-bond acceptors (Lipinski definition) is 4. The van der Waals surface area contributed by atoms with E-state index in [0.717, 1.165) is 12.0 Å². The van der Waals surface area contributed by atoms with Gasteiger partial charge in [-0.05, 0) is 19.4 Å². The number of hydrogen-bond donors (Lipinski definition) is 1. The average Bonchev–Trinajstić information content (AvgIpc) is 2.84. The first-order valence-electron chi connectivity index (χ1n) is 6.97. The van der Waals surface area contributed by atoms with Gasteiger partial charge in [-0.25, -0.2) is 0 Å². The molecule has 1 atom stereocenters. The summed E-state index contributed by atoms with van der Waals surface area (Å²) in [5.41, 5.74) is 2.36. The molecule has 20 heavy (non-hydrogen) atoms. The minimum absolute atomic E-state index is 0.146. The summed E-state index contributed by atoms with van der Waals surface area (Å²) in [7, 11) is 1.97. The van der Waals surface area contributed by atoms with E-state index in [1.54, 1.807) is 0 Å². The minimum atomic E-state index is 0.146. The smallest absolute Gasteiger partial charge is 0.228 e. The van der Waals surface area contributed by atoms with Gasteiger partial charge >= 0.3 is 0 Å². The van der Waals surface area contributed by atoms with E-state index in [9.17, 15) is 0 Å². The molecule has 0 aliphatic heterocycles. The lowest BCUT2D eigenvalue weighted by Gasteiger charge is -2.29. The lowest BCUT2D eigenvalue weighted by Crippen LogP contribution is -2.39. The fourth-order valence-electron chi connectivity index (χ4n) is 2.17. The quantitative estimate of drug-likeness (QED) is 0.929. The maximum Gasteiger partial charge on any atom is 0.228 e. The zero-order valence-electron chi connectivity index (χ0n) is 12.9. The molecule has 0 aliphatic carbocycles. The number of aryl methyl sites for hydroxylation is 1. The van der Waals surface area contributed by atoms with Gasteiger partial charge < -0.3 is 9.84 Å². The van der Waals surface area contributed by atoms with Gasteiger partial charge in [0.05, 0.1) is 0 Å². The van der Waals surface area contributed by atoms with Crippen molar-refractivity contribution >= 4 is 0 Å². The topological polar surface area (TPSA) is 51.0 Å². The van der Waals surface area contributed by atoms with Crippen molar-refractivity contribution in [1.29, 1.82) is 0 Å². The highest BCUT2D eigenvalue weighted by Crippen LogP contribution is 2.23. The Morgan fingerprint density at radius 3 is 2.40 bits per heavy atom. The van der Waals surface area contributed by atoms with Crippen molar-refractivity contribution in [3.8, 4) is 11.4 Å². The fourth-order valence-corrected chi connectivity index (χ4v) is 2.17. The molecular formula is C16H23N3O. The summed E-state index contributed by atoms with van der Waals surface area (Å²) in [6, 6.07) is 8.44. The molecule has 2 aromatic rings. The van der Waals surface area contributed by atoms with Crippen molar-refractivity contribution in [2.75, 3.05) is 7.05 Å². The third kappa shape index (κ3) is 3.45. The predicted octanol–water partition coefficient (Wildman–Crippen LogP) is 3.22. The molecule has 1 aromatic heterocycles. The van der Waals surface area contributed by atoms with E-state index in [0.29, 0.717) is 17.8 Å². The summed E-state index contributed by atoms with van der Waals surface area (Å²) < 4.78 is 5.38. The van der Waals surface area contributed by atoms with E-state index in [4.69, 9.17) is 4.52 Å². The number of likely N-dealkylation sites (N-methyl/N-ethyl adjacent to an activating group) is 1. The molecule has 1 N–H and O–H groups in total. The van der Waals surface area contributed by atoms with E-state index in [2.05, 4.69) is 55.3 Å². The molecule has 0 radical (unpaired) electrons. The number of nitrogens with one attached hydrogen (secondary N) is 1. The maximum atomic E-state index is 5.38. The molecule has 0 aliphatic rings. The lowest BCUT2D eigenvalue weighted by atomic mass is 9.85. The standard InChI is InChI=1S/C16H23N3O/c1-11-6-8-12(9-7-11)15-18-14(20-19-15)10-13(17-5)16(2,3)4/h6-9,13,17H,10H2,1-5H3. The van der Waals surface area contributed by atoms with E-state index in [1.165, 1.54) is 5.56 Å². The Morgan fingerprint density at radius 1 is 1.20 bits per heavy atom. The summed E-state index contributed by atoms with van der Waals surface area (Å²) in [4.78, 5) is 4.49. The first-order chi connectivity index (χ1) is 9.40. The first kappa shape index (κ1) is 14.7. The normalized spacial score (nSPS) is 13.4. The molecule has 0 saturated carbocycles. The van der Waals surface area contributed by atoms with Gasteiger partial charge in [0.15, 0.2) is 0 Å². The van der Waals surface area contributed by atoms with Crippen molar-refractivity contribution in [1.82, 2.24) is 15.5 Å². The summed E-state index contributed by atoms with van der Waals surface area (Å²) in [5.74, 6) is 1.33. The summed E-state index contributed by atoms with van der Waals surface area (Å²) in [6.07, 6.45) is 0.735. The Labute approximate surface area is 120 Å². The summed E-state index contributed by atoms with van der Waals surface area (Å²) in [6.45, 7) is 8.66. The second kappa shape index (κ2) is 5.75. The number of nitrogens with zero attached hydrogens (tertiary/aromatic N) is 2. The highest BCUT2D eigenvalue weighted by Gasteiger charge is 2.25. The molecule has 0 bridgehead atoms. The minimum Gasteiger partial charge on any atom is -0.339 e. The first-order valence-corrected chi connectivity index (χ1v) is 6.97. The Bertz CT molecular complexity index is 552. The largest absolute Gasteiger partial charge is 0.339 e. The van der Waals surface area contributed by atoms with Crippen molar-refractivity contribution in [2.24, 2.45) is 5.41 Å². The van der Waals surface area contributed by atoms with Crippen molar-refractivity contribution in [3.05, 3.63) is 35.7 Å². The SMILES string of the molecule is CNC(Cc1nc(-c2ccc(C)cc2)no1)C(C)(C)C. The summed E-state index contributed by atoms with van der Waals surface area (Å²) >= 11 is 0. The predicted molar refractivity (Wildman–Crippen MR) is 80.5 cm³/mol. The van der Waals surface area contributed by atoms with E-state index in [1.807, 2.05) is 19.2 Å². The summed E-state index contributed by atoms with van der Waals surface area (Å²) in [5, 5.41) is 7.39. The highest BCUT2D eigenvalue weighted by atomic mass is 16.5. The van der Waals surface area contributed by atoms with E-state index >= 15 is 0 Å². The molecule has 108 valence electrons. The molecule has 0 fully saturated rings. The molecule has 1 unspecified atom stereocenters. The van der Waals surface area contributed by atoms with Crippen molar-refractivity contribution in [2.45, 2.75) is 40.2 Å². The maximum absolute atomic E-state index is 5.38. The van der Waals surface area contributed by atoms with Crippen LogP contribution in [-0.4, -0.2) is 23.2 Å². The van der Waals surface area contributed by atoms with Crippen LogP contribution < -0.4 is 5.32 Å². The van der Waals surface area contributed by atoms with E-state index in [-0.39, 0.29) is 5.41 Å². The van der Waals surface area contributed by atoms with Crippen LogP contribution >= 0.6 is 0 Å². The third-order valence-corrected chi connectivity index (χ3v) is 3.55.